The molecular weight excluding hydrogens is 222 g/mol. The van der Waals surface area contributed by atoms with Crippen LogP contribution in [0.15, 0.2) is 6.07 Å². The smallest absolute Gasteiger partial charge is 0.323 e. The van der Waals surface area contributed by atoms with E-state index in [0.29, 0.717) is 30.3 Å². The Labute approximate surface area is 100 Å². The second-order valence-electron chi connectivity index (χ2n) is 3.91. The summed E-state index contributed by atoms with van der Waals surface area (Å²) in [5.41, 5.74) is 0. The van der Waals surface area contributed by atoms with Crippen LogP contribution in [0.2, 0.25) is 0 Å². The number of rotatable bonds is 5. The minimum Gasteiger partial charge on any atom is -0.481 e. The van der Waals surface area contributed by atoms with Crippen LogP contribution < -0.4 is 19.5 Å². The number of nitrogens with one attached hydrogen (secondary N) is 1. The fraction of sp³-hybridized carbons (Fsp3) is 0.636. The van der Waals surface area contributed by atoms with Crippen LogP contribution in [0.3, 0.4) is 0 Å². The lowest BCUT2D eigenvalue weighted by Gasteiger charge is -2.10. The highest BCUT2D eigenvalue weighted by Crippen LogP contribution is 2.19. The normalized spacial score (nSPS) is 19.1. The fourth-order valence-electron chi connectivity index (χ4n) is 1.71. The van der Waals surface area contributed by atoms with Crippen LogP contribution in [-0.4, -0.2) is 43.9 Å². The van der Waals surface area contributed by atoms with E-state index in [0.717, 1.165) is 19.5 Å². The molecule has 0 aliphatic carbocycles. The van der Waals surface area contributed by atoms with Gasteiger partial charge in [0, 0.05) is 12.5 Å². The zero-order valence-electron chi connectivity index (χ0n) is 10.1. The summed E-state index contributed by atoms with van der Waals surface area (Å²) in [6.45, 7) is 2.65. The topological polar surface area (TPSA) is 65.5 Å². The summed E-state index contributed by atoms with van der Waals surface area (Å²) in [7, 11) is 3.10. The number of methoxy groups -OCH3 is 2. The molecule has 6 nitrogen and oxygen atoms in total. The highest BCUT2D eigenvalue weighted by atomic mass is 16.5. The molecule has 0 amide bonds. The van der Waals surface area contributed by atoms with E-state index in [1.807, 2.05) is 0 Å². The maximum Gasteiger partial charge on any atom is 0.323 e. The van der Waals surface area contributed by atoms with Gasteiger partial charge in [-0.25, -0.2) is 0 Å². The van der Waals surface area contributed by atoms with Crippen molar-refractivity contribution in [2.24, 2.45) is 5.92 Å². The lowest BCUT2D eigenvalue weighted by molar-refractivity contribution is 0.233. The number of hydrogen-bond donors (Lipinski definition) is 1. The predicted octanol–water partition coefficient (Wildman–Crippen LogP) is 0.482. The third kappa shape index (κ3) is 3.20. The molecule has 6 heteroatoms. The van der Waals surface area contributed by atoms with Crippen LogP contribution in [0.1, 0.15) is 6.42 Å². The van der Waals surface area contributed by atoms with E-state index in [1.165, 1.54) is 0 Å². The van der Waals surface area contributed by atoms with E-state index in [1.54, 1.807) is 20.3 Å². The van der Waals surface area contributed by atoms with Crippen LogP contribution in [0.4, 0.5) is 0 Å². The lowest BCUT2D eigenvalue weighted by atomic mass is 10.1. The van der Waals surface area contributed by atoms with Crippen molar-refractivity contribution in [1.82, 2.24) is 15.3 Å². The average molecular weight is 239 g/mol. The van der Waals surface area contributed by atoms with Gasteiger partial charge in [0.1, 0.15) is 0 Å². The van der Waals surface area contributed by atoms with Crippen molar-refractivity contribution in [3.8, 4) is 17.8 Å². The summed E-state index contributed by atoms with van der Waals surface area (Å²) >= 11 is 0. The van der Waals surface area contributed by atoms with Gasteiger partial charge in [0.15, 0.2) is 0 Å². The van der Waals surface area contributed by atoms with Gasteiger partial charge in [-0.1, -0.05) is 0 Å². The number of nitrogens with zero attached hydrogens (tertiary/aromatic N) is 2. The molecule has 1 aliphatic heterocycles. The SMILES string of the molecule is COc1cc(OC)nc(OCC2CCNC2)n1. The Hall–Kier alpha value is -1.56. The second-order valence-corrected chi connectivity index (χ2v) is 3.91. The monoisotopic (exact) mass is 239 g/mol. The molecule has 2 heterocycles. The molecule has 1 saturated heterocycles. The molecule has 0 radical (unpaired) electrons. The molecule has 0 aromatic carbocycles. The third-order valence-electron chi connectivity index (χ3n) is 2.69. The minimum atomic E-state index is 0.299. The minimum absolute atomic E-state index is 0.299. The molecule has 1 aliphatic rings. The Balaban J connectivity index is 1.98. The molecule has 0 spiro atoms. The first-order valence-electron chi connectivity index (χ1n) is 5.62. The third-order valence-corrected chi connectivity index (χ3v) is 2.69. The van der Waals surface area contributed by atoms with Gasteiger partial charge in [0.25, 0.3) is 0 Å². The van der Waals surface area contributed by atoms with Crippen LogP contribution in [-0.2, 0) is 0 Å². The standard InChI is InChI=1S/C11H17N3O3/c1-15-9-5-10(16-2)14-11(13-9)17-7-8-3-4-12-6-8/h5,8,12H,3-4,6-7H2,1-2H3. The molecule has 0 bridgehead atoms. The quantitative estimate of drug-likeness (QED) is 0.806. The molecule has 1 aromatic heterocycles. The summed E-state index contributed by atoms with van der Waals surface area (Å²) < 4.78 is 15.6. The number of ether oxygens (including phenoxy) is 3. The molecule has 1 atom stereocenters. The van der Waals surface area contributed by atoms with E-state index in [-0.39, 0.29) is 0 Å². The first-order chi connectivity index (χ1) is 8.31. The molecule has 1 fully saturated rings. The van der Waals surface area contributed by atoms with E-state index in [4.69, 9.17) is 14.2 Å². The first-order valence-corrected chi connectivity index (χ1v) is 5.62. The molecule has 94 valence electrons. The molecule has 17 heavy (non-hydrogen) atoms. The van der Waals surface area contributed by atoms with Gasteiger partial charge < -0.3 is 19.5 Å². The Bertz CT molecular complexity index is 345. The Morgan fingerprint density at radius 3 is 2.53 bits per heavy atom. The number of aromatic nitrogens is 2. The first kappa shape index (κ1) is 11.9. The maximum atomic E-state index is 5.55. The molecular formula is C11H17N3O3. The van der Waals surface area contributed by atoms with Gasteiger partial charge in [-0.2, -0.15) is 9.97 Å². The van der Waals surface area contributed by atoms with Gasteiger partial charge in [0.2, 0.25) is 11.8 Å². The van der Waals surface area contributed by atoms with Crippen LogP contribution in [0.5, 0.6) is 17.8 Å². The van der Waals surface area contributed by atoms with Crippen molar-refractivity contribution < 1.29 is 14.2 Å². The summed E-state index contributed by atoms with van der Waals surface area (Å²) in [4.78, 5) is 8.21. The van der Waals surface area contributed by atoms with E-state index >= 15 is 0 Å². The number of hydrogen-bond acceptors (Lipinski definition) is 6. The average Bonchev–Trinajstić information content (AvgIpc) is 2.89. The van der Waals surface area contributed by atoms with Gasteiger partial charge >= 0.3 is 6.01 Å². The zero-order chi connectivity index (χ0) is 12.1. The predicted molar refractivity (Wildman–Crippen MR) is 61.6 cm³/mol. The highest BCUT2D eigenvalue weighted by molar-refractivity contribution is 5.22. The molecule has 1 N–H and O–H groups in total. The summed E-state index contributed by atoms with van der Waals surface area (Å²) in [5, 5.41) is 3.28. The van der Waals surface area contributed by atoms with Crippen molar-refractivity contribution in [2.75, 3.05) is 33.9 Å². The van der Waals surface area contributed by atoms with Crippen molar-refractivity contribution in [3.63, 3.8) is 0 Å². The van der Waals surface area contributed by atoms with E-state index in [2.05, 4.69) is 15.3 Å². The molecule has 0 saturated carbocycles. The van der Waals surface area contributed by atoms with Gasteiger partial charge in [0.05, 0.1) is 26.9 Å². The van der Waals surface area contributed by atoms with Gasteiger partial charge in [-0.3, -0.25) is 0 Å². The fourth-order valence-corrected chi connectivity index (χ4v) is 1.71. The molecule has 1 aromatic rings. The maximum absolute atomic E-state index is 5.55. The Morgan fingerprint density at radius 2 is 2.00 bits per heavy atom. The van der Waals surface area contributed by atoms with Gasteiger partial charge in [-0.05, 0) is 13.0 Å². The van der Waals surface area contributed by atoms with Crippen LogP contribution in [0, 0.1) is 5.92 Å². The Kier molecular flexibility index (Phi) is 3.98. The molecule has 1 unspecified atom stereocenters. The van der Waals surface area contributed by atoms with Gasteiger partial charge in [-0.15, -0.1) is 0 Å². The largest absolute Gasteiger partial charge is 0.481 e. The van der Waals surface area contributed by atoms with Crippen LogP contribution in [0.25, 0.3) is 0 Å². The lowest BCUT2D eigenvalue weighted by Crippen LogP contribution is -2.16. The molecule has 2 rings (SSSR count). The Morgan fingerprint density at radius 1 is 1.29 bits per heavy atom. The van der Waals surface area contributed by atoms with Crippen molar-refractivity contribution in [1.29, 1.82) is 0 Å². The van der Waals surface area contributed by atoms with E-state index in [9.17, 15) is 0 Å². The highest BCUT2D eigenvalue weighted by Gasteiger charge is 2.16. The summed E-state index contributed by atoms with van der Waals surface area (Å²) in [6.07, 6.45) is 1.13. The van der Waals surface area contributed by atoms with E-state index < -0.39 is 0 Å². The second kappa shape index (κ2) is 5.67. The van der Waals surface area contributed by atoms with Crippen LogP contribution >= 0.6 is 0 Å². The van der Waals surface area contributed by atoms with Crippen molar-refractivity contribution in [3.05, 3.63) is 6.07 Å². The summed E-state index contributed by atoms with van der Waals surface area (Å²) in [6, 6.07) is 1.91. The van der Waals surface area contributed by atoms with Crippen molar-refractivity contribution in [2.45, 2.75) is 6.42 Å². The van der Waals surface area contributed by atoms with Crippen molar-refractivity contribution >= 4 is 0 Å². The summed E-state index contributed by atoms with van der Waals surface area (Å²) in [5.74, 6) is 1.41. The zero-order valence-corrected chi connectivity index (χ0v) is 10.1.